The van der Waals surface area contributed by atoms with E-state index in [1.807, 2.05) is 0 Å². The summed E-state index contributed by atoms with van der Waals surface area (Å²) in [6.45, 7) is 9.06. The van der Waals surface area contributed by atoms with Gasteiger partial charge in [-0.2, -0.15) is 0 Å². The molecule has 0 amide bonds. The highest BCUT2D eigenvalue weighted by Gasteiger charge is 2.39. The zero-order chi connectivity index (χ0) is 14.0. The predicted molar refractivity (Wildman–Crippen MR) is 80.2 cm³/mol. The van der Waals surface area contributed by atoms with Crippen molar-refractivity contribution < 1.29 is 5.11 Å². The first kappa shape index (κ1) is 15.3. The van der Waals surface area contributed by atoms with Gasteiger partial charge in [0.05, 0.1) is 6.10 Å². The van der Waals surface area contributed by atoms with Gasteiger partial charge >= 0.3 is 0 Å². The lowest BCUT2D eigenvalue weighted by Crippen LogP contribution is -2.44. The molecule has 0 aromatic rings. The highest BCUT2D eigenvalue weighted by molar-refractivity contribution is 4.91. The molecular weight excluding hydrogens is 236 g/mol. The van der Waals surface area contributed by atoms with E-state index < -0.39 is 0 Å². The molecule has 0 heterocycles. The number of aliphatic hydroxyl groups is 1. The number of β-amino-alcohol motifs (C(OH)–C–C–N with tert-alkyl or cyclic N) is 1. The lowest BCUT2D eigenvalue weighted by molar-refractivity contribution is 0.103. The quantitative estimate of drug-likeness (QED) is 0.774. The second-order valence-electron chi connectivity index (χ2n) is 7.94. The Balaban J connectivity index is 1.65. The summed E-state index contributed by atoms with van der Waals surface area (Å²) >= 11 is 0. The lowest BCUT2D eigenvalue weighted by atomic mass is 9.88. The Kier molecular flexibility index (Phi) is 4.91. The summed E-state index contributed by atoms with van der Waals surface area (Å²) in [5, 5.41) is 13.5. The molecule has 2 rings (SSSR count). The smallest absolute Gasteiger partial charge is 0.0791 e. The number of rotatable bonds is 6. The van der Waals surface area contributed by atoms with Crippen molar-refractivity contribution in [2.75, 3.05) is 26.7 Å². The second-order valence-corrected chi connectivity index (χ2v) is 7.94. The fourth-order valence-corrected chi connectivity index (χ4v) is 3.92. The van der Waals surface area contributed by atoms with Crippen molar-refractivity contribution in [2.45, 2.75) is 58.1 Å². The van der Waals surface area contributed by atoms with E-state index in [1.54, 1.807) is 0 Å². The first-order valence-electron chi connectivity index (χ1n) is 7.95. The molecule has 19 heavy (non-hydrogen) atoms. The van der Waals surface area contributed by atoms with Gasteiger partial charge in [0.2, 0.25) is 0 Å². The van der Waals surface area contributed by atoms with Crippen LogP contribution in [0.3, 0.4) is 0 Å². The molecule has 2 N–H and O–H groups in total. The molecule has 4 atom stereocenters. The SMILES string of the molecule is CN(CC(O)CNC(C)(C)C)CC1CC2CCC1C2. The number of fused-ring (bicyclic) bond motifs is 2. The van der Waals surface area contributed by atoms with Crippen LogP contribution in [0.2, 0.25) is 0 Å². The minimum Gasteiger partial charge on any atom is -0.390 e. The minimum atomic E-state index is -0.261. The molecule has 2 saturated carbocycles. The Labute approximate surface area is 118 Å². The molecular formula is C16H32N2O. The van der Waals surface area contributed by atoms with E-state index in [-0.39, 0.29) is 11.6 Å². The molecule has 4 unspecified atom stereocenters. The summed E-state index contributed by atoms with van der Waals surface area (Å²) in [7, 11) is 2.16. The Morgan fingerprint density at radius 1 is 1.26 bits per heavy atom. The van der Waals surface area contributed by atoms with Gasteiger partial charge in [-0.3, -0.25) is 0 Å². The number of likely N-dealkylation sites (N-methyl/N-ethyl adjacent to an activating group) is 1. The normalized spacial score (nSPS) is 32.2. The first-order chi connectivity index (χ1) is 8.83. The van der Waals surface area contributed by atoms with Gasteiger partial charge in [-0.25, -0.2) is 0 Å². The van der Waals surface area contributed by atoms with Crippen LogP contribution in [0.4, 0.5) is 0 Å². The van der Waals surface area contributed by atoms with Crippen LogP contribution in [0.1, 0.15) is 46.5 Å². The predicted octanol–water partition coefficient (Wildman–Crippen LogP) is 2.10. The molecule has 0 saturated heterocycles. The second kappa shape index (κ2) is 6.11. The number of nitrogens with one attached hydrogen (secondary N) is 1. The van der Waals surface area contributed by atoms with Gasteiger partial charge < -0.3 is 15.3 Å². The first-order valence-corrected chi connectivity index (χ1v) is 7.95. The van der Waals surface area contributed by atoms with E-state index >= 15 is 0 Å². The largest absolute Gasteiger partial charge is 0.390 e. The van der Waals surface area contributed by atoms with E-state index in [2.05, 4.69) is 38.0 Å². The van der Waals surface area contributed by atoms with E-state index in [9.17, 15) is 5.11 Å². The fourth-order valence-electron chi connectivity index (χ4n) is 3.92. The zero-order valence-electron chi connectivity index (χ0n) is 13.2. The van der Waals surface area contributed by atoms with Crippen molar-refractivity contribution in [3.05, 3.63) is 0 Å². The molecule has 2 fully saturated rings. The third-order valence-corrected chi connectivity index (χ3v) is 4.82. The van der Waals surface area contributed by atoms with Crippen molar-refractivity contribution in [2.24, 2.45) is 17.8 Å². The van der Waals surface area contributed by atoms with Crippen LogP contribution in [0.5, 0.6) is 0 Å². The van der Waals surface area contributed by atoms with Crippen LogP contribution in [0.25, 0.3) is 0 Å². The molecule has 0 spiro atoms. The molecule has 2 aliphatic carbocycles. The van der Waals surface area contributed by atoms with Gasteiger partial charge in [0.25, 0.3) is 0 Å². The average molecular weight is 268 g/mol. The Hall–Kier alpha value is -0.120. The van der Waals surface area contributed by atoms with Gasteiger partial charge in [-0.05, 0) is 64.8 Å². The van der Waals surface area contributed by atoms with E-state index in [4.69, 9.17) is 0 Å². The molecule has 0 radical (unpaired) electrons. The summed E-state index contributed by atoms with van der Waals surface area (Å²) in [5.74, 6) is 2.90. The Bertz CT molecular complexity index is 287. The fraction of sp³-hybridized carbons (Fsp3) is 1.00. The molecule has 0 aromatic heterocycles. The monoisotopic (exact) mass is 268 g/mol. The number of aliphatic hydroxyl groups excluding tert-OH is 1. The molecule has 2 aliphatic rings. The van der Waals surface area contributed by atoms with Crippen LogP contribution >= 0.6 is 0 Å². The molecule has 3 heteroatoms. The van der Waals surface area contributed by atoms with Crippen LogP contribution < -0.4 is 5.32 Å². The van der Waals surface area contributed by atoms with Crippen molar-refractivity contribution in [1.29, 1.82) is 0 Å². The summed E-state index contributed by atoms with van der Waals surface area (Å²) in [6, 6.07) is 0. The molecule has 0 aliphatic heterocycles. The third kappa shape index (κ3) is 4.73. The highest BCUT2D eigenvalue weighted by atomic mass is 16.3. The molecule has 3 nitrogen and oxygen atoms in total. The summed E-state index contributed by atoms with van der Waals surface area (Å²) in [5.41, 5.74) is 0.0875. The molecule has 0 aromatic carbocycles. The van der Waals surface area contributed by atoms with Crippen molar-refractivity contribution >= 4 is 0 Å². The minimum absolute atomic E-state index is 0.0875. The topological polar surface area (TPSA) is 35.5 Å². The standard InChI is InChI=1S/C16H32N2O/c1-16(2,3)17-9-15(19)11-18(4)10-14-8-12-5-6-13(14)7-12/h12-15,17,19H,5-11H2,1-4H3. The zero-order valence-corrected chi connectivity index (χ0v) is 13.2. The summed E-state index contributed by atoms with van der Waals surface area (Å²) in [4.78, 5) is 2.33. The van der Waals surface area contributed by atoms with E-state index in [0.29, 0.717) is 6.54 Å². The van der Waals surface area contributed by atoms with Crippen LogP contribution in [0.15, 0.2) is 0 Å². The Morgan fingerprint density at radius 3 is 2.53 bits per heavy atom. The van der Waals surface area contributed by atoms with Gasteiger partial charge in [0, 0.05) is 25.2 Å². The van der Waals surface area contributed by atoms with E-state index in [1.165, 1.54) is 32.2 Å². The maximum absolute atomic E-state index is 10.1. The summed E-state index contributed by atoms with van der Waals surface area (Å²) < 4.78 is 0. The van der Waals surface area contributed by atoms with Gasteiger partial charge in [0.15, 0.2) is 0 Å². The third-order valence-electron chi connectivity index (χ3n) is 4.82. The molecule has 112 valence electrons. The van der Waals surface area contributed by atoms with Crippen LogP contribution in [0, 0.1) is 17.8 Å². The van der Waals surface area contributed by atoms with Crippen molar-refractivity contribution in [3.63, 3.8) is 0 Å². The van der Waals surface area contributed by atoms with Crippen LogP contribution in [-0.2, 0) is 0 Å². The van der Waals surface area contributed by atoms with Gasteiger partial charge in [-0.1, -0.05) is 6.42 Å². The van der Waals surface area contributed by atoms with Gasteiger partial charge in [0.1, 0.15) is 0 Å². The maximum atomic E-state index is 10.1. The van der Waals surface area contributed by atoms with Crippen molar-refractivity contribution in [3.8, 4) is 0 Å². The van der Waals surface area contributed by atoms with Crippen molar-refractivity contribution in [1.82, 2.24) is 10.2 Å². The highest BCUT2D eigenvalue weighted by Crippen LogP contribution is 2.48. The van der Waals surface area contributed by atoms with Crippen LogP contribution in [-0.4, -0.2) is 48.3 Å². The number of hydrogen-bond acceptors (Lipinski definition) is 3. The summed E-state index contributed by atoms with van der Waals surface area (Å²) in [6.07, 6.45) is 5.58. The molecule has 2 bridgehead atoms. The van der Waals surface area contributed by atoms with Gasteiger partial charge in [-0.15, -0.1) is 0 Å². The lowest BCUT2D eigenvalue weighted by Gasteiger charge is -2.29. The van der Waals surface area contributed by atoms with E-state index in [0.717, 1.165) is 24.3 Å². The number of hydrogen-bond donors (Lipinski definition) is 2. The maximum Gasteiger partial charge on any atom is 0.0791 e. The average Bonchev–Trinajstić information content (AvgIpc) is 2.87. The number of nitrogens with zero attached hydrogens (tertiary/aromatic N) is 1. The Morgan fingerprint density at radius 2 is 2.00 bits per heavy atom.